The predicted octanol–water partition coefficient (Wildman–Crippen LogP) is 7.17. The van der Waals surface area contributed by atoms with Crippen LogP contribution in [0.3, 0.4) is 0 Å². The Morgan fingerprint density at radius 1 is 1.14 bits per heavy atom. The molecule has 152 valence electrons. The summed E-state index contributed by atoms with van der Waals surface area (Å²) in [5.74, 6) is 0. The molecule has 0 radical (unpaired) electrons. The van der Waals surface area contributed by atoms with E-state index in [1.165, 1.54) is 43.2 Å². The van der Waals surface area contributed by atoms with Gasteiger partial charge in [-0.25, -0.2) is 4.98 Å². The molecule has 4 rings (SSSR count). The third-order valence-electron chi connectivity index (χ3n) is 4.64. The first-order valence-corrected chi connectivity index (χ1v) is 11.5. The van der Waals surface area contributed by atoms with Crippen LogP contribution in [-0.2, 0) is 6.54 Å². The summed E-state index contributed by atoms with van der Waals surface area (Å²) < 4.78 is 1.16. The first-order chi connectivity index (χ1) is 13.6. The van der Waals surface area contributed by atoms with Gasteiger partial charge in [0.25, 0.3) is 0 Å². The van der Waals surface area contributed by atoms with E-state index in [-0.39, 0.29) is 0 Å². The maximum absolute atomic E-state index is 6.09. The molecule has 1 aliphatic rings. The van der Waals surface area contributed by atoms with Crippen molar-refractivity contribution in [3.8, 4) is 0 Å². The number of nitrogens with one attached hydrogen (secondary N) is 1. The van der Waals surface area contributed by atoms with Gasteiger partial charge in [-0.2, -0.15) is 0 Å². The Morgan fingerprint density at radius 3 is 2.43 bits per heavy atom. The maximum atomic E-state index is 6.09. The summed E-state index contributed by atoms with van der Waals surface area (Å²) in [5.41, 5.74) is 10.1. The van der Waals surface area contributed by atoms with Gasteiger partial charge in [-0.15, -0.1) is 11.3 Å². The van der Waals surface area contributed by atoms with Crippen LogP contribution in [0.4, 0.5) is 5.69 Å². The minimum absolute atomic E-state index is 0.532. The third kappa shape index (κ3) is 6.77. The number of nitrogens with two attached hydrogens (primary N) is 1. The summed E-state index contributed by atoms with van der Waals surface area (Å²) in [7, 11) is 0. The normalized spacial score (nSPS) is 13.9. The lowest BCUT2D eigenvalue weighted by molar-refractivity contribution is 0.441. The van der Waals surface area contributed by atoms with Gasteiger partial charge in [-0.3, -0.25) is 0 Å². The number of nitrogens with zero attached hydrogens (tertiary/aromatic N) is 1. The lowest BCUT2D eigenvalue weighted by atomic mass is 9.97. The Bertz CT molecular complexity index is 826. The van der Waals surface area contributed by atoms with E-state index in [0.717, 1.165) is 22.4 Å². The van der Waals surface area contributed by atoms with E-state index in [2.05, 4.69) is 34.7 Å². The highest BCUT2D eigenvalue weighted by atomic mass is 35.5. The molecule has 28 heavy (non-hydrogen) atoms. The summed E-state index contributed by atoms with van der Waals surface area (Å²) in [5, 5.41) is 6.09. The summed E-state index contributed by atoms with van der Waals surface area (Å²) in [6.45, 7) is 6.84. The highest BCUT2D eigenvalue weighted by molar-refractivity contribution is 7.18. The van der Waals surface area contributed by atoms with Gasteiger partial charge >= 0.3 is 0 Å². The van der Waals surface area contributed by atoms with Crippen LogP contribution < -0.4 is 11.1 Å². The molecule has 0 aliphatic heterocycles. The summed E-state index contributed by atoms with van der Waals surface area (Å²) in [4.78, 5) is 4.39. The number of aryl methyl sites for hydroxylation is 1. The lowest BCUT2D eigenvalue weighted by Crippen LogP contribution is -2.22. The number of aromatic nitrogens is 1. The zero-order valence-electron chi connectivity index (χ0n) is 17.2. The zero-order valence-corrected chi connectivity index (χ0v) is 18.7. The highest BCUT2D eigenvalue weighted by Crippen LogP contribution is 2.32. The molecule has 3 aromatic rings. The van der Waals surface area contributed by atoms with Crippen molar-refractivity contribution in [2.45, 2.75) is 65.5 Å². The molecule has 0 atom stereocenters. The average molecular weight is 418 g/mol. The van der Waals surface area contributed by atoms with Gasteiger partial charge in [-0.1, -0.05) is 75.0 Å². The van der Waals surface area contributed by atoms with E-state index in [4.69, 9.17) is 17.3 Å². The molecule has 0 saturated heterocycles. The molecule has 0 amide bonds. The molecule has 0 spiro atoms. The number of hydrogen-bond acceptors (Lipinski definition) is 4. The van der Waals surface area contributed by atoms with Gasteiger partial charge in [0.05, 0.1) is 15.9 Å². The number of benzene rings is 1. The van der Waals surface area contributed by atoms with Gasteiger partial charge in [0, 0.05) is 18.7 Å². The molecule has 0 unspecified atom stereocenters. The Kier molecular flexibility index (Phi) is 9.76. The van der Waals surface area contributed by atoms with Gasteiger partial charge < -0.3 is 11.1 Å². The molecule has 2 aromatic heterocycles. The van der Waals surface area contributed by atoms with Crippen molar-refractivity contribution < 1.29 is 0 Å². The van der Waals surface area contributed by atoms with Crippen LogP contribution in [-0.4, -0.2) is 11.0 Å². The Labute approximate surface area is 178 Å². The smallest absolute Gasteiger partial charge is 0.131 e. The van der Waals surface area contributed by atoms with E-state index in [9.17, 15) is 0 Å². The number of anilines is 1. The third-order valence-corrected chi connectivity index (χ3v) is 5.96. The van der Waals surface area contributed by atoms with E-state index >= 15 is 0 Å². The number of pyridine rings is 1. The first kappa shape index (κ1) is 22.7. The molecule has 1 saturated carbocycles. The molecule has 1 aliphatic carbocycles. The summed E-state index contributed by atoms with van der Waals surface area (Å²) >= 11 is 7.79. The molecule has 1 fully saturated rings. The van der Waals surface area contributed by atoms with Gasteiger partial charge in [0.2, 0.25) is 0 Å². The molecule has 3 nitrogen and oxygen atoms in total. The van der Waals surface area contributed by atoms with Gasteiger partial charge in [0.15, 0.2) is 0 Å². The predicted molar refractivity (Wildman–Crippen MR) is 126 cm³/mol. The average Bonchev–Trinajstić information content (AvgIpc) is 3.10. The van der Waals surface area contributed by atoms with Gasteiger partial charge in [-0.05, 0) is 36.3 Å². The molecule has 3 N–H and O–H groups in total. The zero-order chi connectivity index (χ0) is 20.4. The van der Waals surface area contributed by atoms with Crippen molar-refractivity contribution >= 4 is 38.8 Å². The van der Waals surface area contributed by atoms with Crippen molar-refractivity contribution in [3.63, 3.8) is 0 Å². The number of rotatable bonds is 3. The van der Waals surface area contributed by atoms with Crippen LogP contribution in [0.5, 0.6) is 0 Å². The SMILES string of the molecule is CC.Cc1csc2c(NCc3ccccc3)cc(Cl)nc12.NC1CCCCC1. The highest BCUT2D eigenvalue weighted by Gasteiger charge is 2.09. The number of fused-ring (bicyclic) bond motifs is 1. The van der Waals surface area contributed by atoms with Crippen LogP contribution >= 0.6 is 22.9 Å². The Morgan fingerprint density at radius 2 is 1.82 bits per heavy atom. The van der Waals surface area contributed by atoms with Crippen molar-refractivity contribution in [3.05, 3.63) is 58.1 Å². The van der Waals surface area contributed by atoms with Crippen molar-refractivity contribution in [2.24, 2.45) is 5.73 Å². The molecular formula is C23H32ClN3S. The quantitative estimate of drug-likeness (QED) is 0.444. The second-order valence-electron chi connectivity index (χ2n) is 6.83. The largest absolute Gasteiger partial charge is 0.380 e. The standard InChI is InChI=1S/C15H13ClN2S.C6H13N.C2H6/c1-10-9-19-15-12(7-13(16)18-14(10)15)17-8-11-5-3-2-4-6-11;7-6-4-2-1-3-5-6;1-2/h2-7,9H,8H2,1H3,(H,17,18);6H,1-5,7H2;1-2H3. The second kappa shape index (κ2) is 12.1. The van der Waals surface area contributed by atoms with Crippen molar-refractivity contribution in [2.75, 3.05) is 5.32 Å². The maximum Gasteiger partial charge on any atom is 0.131 e. The summed E-state index contributed by atoms with van der Waals surface area (Å²) in [6, 6.07) is 12.7. The fourth-order valence-corrected chi connectivity index (χ4v) is 4.33. The fraction of sp³-hybridized carbons (Fsp3) is 0.435. The number of thiophene rings is 1. The topological polar surface area (TPSA) is 50.9 Å². The monoisotopic (exact) mass is 417 g/mol. The first-order valence-electron chi connectivity index (χ1n) is 10.2. The van der Waals surface area contributed by atoms with Crippen LogP contribution in [0.15, 0.2) is 41.8 Å². The minimum atomic E-state index is 0.532. The Balaban J connectivity index is 0.000000261. The van der Waals surface area contributed by atoms with E-state index in [0.29, 0.717) is 11.2 Å². The summed E-state index contributed by atoms with van der Waals surface area (Å²) in [6.07, 6.45) is 6.66. The minimum Gasteiger partial charge on any atom is -0.380 e. The number of halogens is 1. The molecular weight excluding hydrogens is 386 g/mol. The van der Waals surface area contributed by atoms with E-state index in [1.54, 1.807) is 11.3 Å². The van der Waals surface area contributed by atoms with Crippen LogP contribution in [0.2, 0.25) is 5.15 Å². The van der Waals surface area contributed by atoms with Crippen molar-refractivity contribution in [1.82, 2.24) is 4.98 Å². The lowest BCUT2D eigenvalue weighted by Gasteiger charge is -2.15. The van der Waals surface area contributed by atoms with Gasteiger partial charge in [0.1, 0.15) is 5.15 Å². The van der Waals surface area contributed by atoms with E-state index < -0.39 is 0 Å². The Hall–Kier alpha value is -1.62. The second-order valence-corrected chi connectivity index (χ2v) is 8.09. The molecule has 0 bridgehead atoms. The van der Waals surface area contributed by atoms with Crippen LogP contribution in [0.25, 0.3) is 10.2 Å². The van der Waals surface area contributed by atoms with Crippen LogP contribution in [0, 0.1) is 6.92 Å². The fourth-order valence-electron chi connectivity index (χ4n) is 3.15. The molecule has 1 aromatic carbocycles. The van der Waals surface area contributed by atoms with E-state index in [1.807, 2.05) is 38.1 Å². The number of hydrogen-bond donors (Lipinski definition) is 2. The molecule has 2 heterocycles. The van der Waals surface area contributed by atoms with Crippen LogP contribution in [0.1, 0.15) is 57.1 Å². The molecule has 5 heteroatoms. The van der Waals surface area contributed by atoms with Crippen molar-refractivity contribution in [1.29, 1.82) is 0 Å².